The summed E-state index contributed by atoms with van der Waals surface area (Å²) < 4.78 is 0. The van der Waals surface area contributed by atoms with Crippen LogP contribution in [0.2, 0.25) is 0 Å². The minimum absolute atomic E-state index is 0.0725. The Labute approximate surface area is 216 Å². The molecule has 0 saturated carbocycles. The van der Waals surface area contributed by atoms with Crippen molar-refractivity contribution in [3.63, 3.8) is 0 Å². The normalized spacial score (nSPS) is 24.2. The van der Waals surface area contributed by atoms with Crippen molar-refractivity contribution in [1.29, 1.82) is 0 Å². The van der Waals surface area contributed by atoms with E-state index in [1.165, 1.54) is 38.8 Å². The van der Waals surface area contributed by atoms with Crippen molar-refractivity contribution in [1.82, 2.24) is 25.1 Å². The highest BCUT2D eigenvalue weighted by Gasteiger charge is 2.36. The highest BCUT2D eigenvalue weighted by atomic mass is 16.1. The van der Waals surface area contributed by atoms with E-state index in [0.29, 0.717) is 11.1 Å². The summed E-state index contributed by atoms with van der Waals surface area (Å²) in [6.07, 6.45) is 8.75. The van der Waals surface area contributed by atoms with Crippen molar-refractivity contribution in [2.75, 3.05) is 57.3 Å². The van der Waals surface area contributed by atoms with E-state index in [2.05, 4.69) is 51.8 Å². The van der Waals surface area contributed by atoms with Crippen molar-refractivity contribution in [2.24, 2.45) is 11.3 Å². The van der Waals surface area contributed by atoms with Gasteiger partial charge < -0.3 is 20.0 Å². The van der Waals surface area contributed by atoms with Crippen LogP contribution in [0.3, 0.4) is 0 Å². The summed E-state index contributed by atoms with van der Waals surface area (Å²) in [5.41, 5.74) is 1.78. The van der Waals surface area contributed by atoms with Crippen LogP contribution in [-0.2, 0) is 0 Å². The molecule has 5 rings (SSSR count). The van der Waals surface area contributed by atoms with E-state index < -0.39 is 0 Å². The van der Waals surface area contributed by atoms with Gasteiger partial charge in [-0.05, 0) is 55.2 Å². The van der Waals surface area contributed by atoms with E-state index in [4.69, 9.17) is 4.98 Å². The van der Waals surface area contributed by atoms with Gasteiger partial charge in [-0.2, -0.15) is 0 Å². The fourth-order valence-corrected chi connectivity index (χ4v) is 6.14. The molecular weight excluding hydrogens is 448 g/mol. The van der Waals surface area contributed by atoms with Crippen LogP contribution in [0, 0.1) is 11.3 Å². The van der Waals surface area contributed by atoms with Crippen molar-refractivity contribution in [3.8, 4) is 0 Å². The lowest BCUT2D eigenvalue weighted by Crippen LogP contribution is -2.46. The quantitative estimate of drug-likeness (QED) is 0.653. The van der Waals surface area contributed by atoms with E-state index in [1.807, 2.05) is 12.1 Å². The Balaban J connectivity index is 1.14. The summed E-state index contributed by atoms with van der Waals surface area (Å²) >= 11 is 0. The molecule has 196 valence electrons. The predicted octanol–water partition coefficient (Wildman–Crippen LogP) is 4.18. The third-order valence-corrected chi connectivity index (χ3v) is 8.90. The number of piperidine rings is 1. The molecule has 3 fully saturated rings. The Morgan fingerprint density at radius 3 is 2.42 bits per heavy atom. The standard InChI is InChI=1S/C29H44N6O/c1-22-20-34(21-29(22,2)3)19-18-33-16-11-23(12-17-33)31-28(36)27-24-8-9-26(32-25(24)10-13-30-27)35-14-6-4-5-7-15-35/h8-10,13,22-23H,4-7,11-12,14-21H2,1-3H3,(H,31,36). The van der Waals surface area contributed by atoms with Gasteiger partial charge in [0.2, 0.25) is 0 Å². The van der Waals surface area contributed by atoms with Gasteiger partial charge in [-0.1, -0.05) is 33.6 Å². The Hall–Kier alpha value is -2.25. The first-order chi connectivity index (χ1) is 17.4. The molecule has 0 aliphatic carbocycles. The molecule has 0 bridgehead atoms. The van der Waals surface area contributed by atoms with Crippen LogP contribution in [-0.4, -0.2) is 84.1 Å². The Morgan fingerprint density at radius 1 is 1.00 bits per heavy atom. The smallest absolute Gasteiger partial charge is 0.270 e. The minimum atomic E-state index is -0.0725. The van der Waals surface area contributed by atoms with E-state index in [0.717, 1.165) is 74.7 Å². The number of pyridine rings is 2. The van der Waals surface area contributed by atoms with Gasteiger partial charge >= 0.3 is 0 Å². The van der Waals surface area contributed by atoms with Gasteiger partial charge in [0.1, 0.15) is 11.5 Å². The minimum Gasteiger partial charge on any atom is -0.357 e. The summed E-state index contributed by atoms with van der Waals surface area (Å²) in [5, 5.41) is 4.11. The second-order valence-electron chi connectivity index (χ2n) is 12.0. The number of anilines is 1. The van der Waals surface area contributed by atoms with Gasteiger partial charge in [-0.15, -0.1) is 0 Å². The number of amides is 1. The number of nitrogens with zero attached hydrogens (tertiary/aromatic N) is 5. The molecule has 2 aromatic heterocycles. The van der Waals surface area contributed by atoms with Gasteiger partial charge in [0.15, 0.2) is 0 Å². The zero-order valence-corrected chi connectivity index (χ0v) is 22.5. The maximum absolute atomic E-state index is 13.2. The van der Waals surface area contributed by atoms with Crippen LogP contribution in [0.5, 0.6) is 0 Å². The van der Waals surface area contributed by atoms with Crippen LogP contribution >= 0.6 is 0 Å². The first-order valence-corrected chi connectivity index (χ1v) is 14.2. The molecule has 2 aromatic rings. The third kappa shape index (κ3) is 5.83. The molecule has 7 heteroatoms. The topological polar surface area (TPSA) is 64.6 Å². The molecule has 1 N–H and O–H groups in total. The van der Waals surface area contributed by atoms with Crippen LogP contribution < -0.4 is 10.2 Å². The number of hydrogen-bond acceptors (Lipinski definition) is 6. The van der Waals surface area contributed by atoms with E-state index >= 15 is 0 Å². The highest BCUT2D eigenvalue weighted by molar-refractivity contribution is 6.04. The Bertz CT molecular complexity index is 1040. The summed E-state index contributed by atoms with van der Waals surface area (Å²) in [6.45, 7) is 16.1. The third-order valence-electron chi connectivity index (χ3n) is 8.90. The summed E-state index contributed by atoms with van der Waals surface area (Å²) in [4.78, 5) is 30.1. The maximum atomic E-state index is 13.2. The molecule has 5 heterocycles. The van der Waals surface area contributed by atoms with E-state index in [-0.39, 0.29) is 11.9 Å². The molecule has 3 aliphatic heterocycles. The highest BCUT2D eigenvalue weighted by Crippen LogP contribution is 2.34. The molecule has 7 nitrogen and oxygen atoms in total. The summed E-state index contributed by atoms with van der Waals surface area (Å²) in [7, 11) is 0. The van der Waals surface area contributed by atoms with Gasteiger partial charge in [0.25, 0.3) is 5.91 Å². The lowest BCUT2D eigenvalue weighted by Gasteiger charge is -2.33. The predicted molar refractivity (Wildman–Crippen MR) is 147 cm³/mol. The molecule has 1 unspecified atom stereocenters. The number of likely N-dealkylation sites (tertiary alicyclic amines) is 2. The number of fused-ring (bicyclic) bond motifs is 1. The van der Waals surface area contributed by atoms with Crippen LogP contribution in [0.4, 0.5) is 5.82 Å². The van der Waals surface area contributed by atoms with Crippen molar-refractivity contribution in [2.45, 2.75) is 65.3 Å². The van der Waals surface area contributed by atoms with Crippen molar-refractivity contribution < 1.29 is 4.79 Å². The monoisotopic (exact) mass is 492 g/mol. The average molecular weight is 493 g/mol. The van der Waals surface area contributed by atoms with Crippen molar-refractivity contribution in [3.05, 3.63) is 30.1 Å². The molecule has 1 amide bonds. The molecule has 3 saturated heterocycles. The first-order valence-electron chi connectivity index (χ1n) is 14.2. The fraction of sp³-hybridized carbons (Fsp3) is 0.690. The second-order valence-corrected chi connectivity index (χ2v) is 12.0. The molecule has 1 atom stereocenters. The largest absolute Gasteiger partial charge is 0.357 e. The zero-order valence-electron chi connectivity index (χ0n) is 22.5. The number of carbonyl (C=O) groups excluding carboxylic acids is 1. The lowest BCUT2D eigenvalue weighted by atomic mass is 9.84. The van der Waals surface area contributed by atoms with Crippen LogP contribution in [0.1, 0.15) is 69.8 Å². The first kappa shape index (κ1) is 25.4. The molecule has 0 spiro atoms. The SMILES string of the molecule is CC1CN(CCN2CCC(NC(=O)c3nccc4nc(N5CCCCCC5)ccc34)CC2)CC1(C)C. The number of rotatable bonds is 6. The average Bonchev–Trinajstić information content (AvgIpc) is 3.04. The van der Waals surface area contributed by atoms with Crippen LogP contribution in [0.25, 0.3) is 10.9 Å². The Morgan fingerprint density at radius 2 is 1.72 bits per heavy atom. The fourth-order valence-electron chi connectivity index (χ4n) is 6.14. The number of aromatic nitrogens is 2. The van der Waals surface area contributed by atoms with E-state index in [1.54, 1.807) is 6.20 Å². The van der Waals surface area contributed by atoms with Crippen LogP contribution in [0.15, 0.2) is 24.4 Å². The number of nitrogens with one attached hydrogen (secondary N) is 1. The zero-order chi connectivity index (χ0) is 25.1. The van der Waals surface area contributed by atoms with Crippen molar-refractivity contribution >= 4 is 22.6 Å². The van der Waals surface area contributed by atoms with E-state index in [9.17, 15) is 4.79 Å². The summed E-state index contributed by atoms with van der Waals surface area (Å²) in [6, 6.07) is 6.23. The molecule has 3 aliphatic rings. The maximum Gasteiger partial charge on any atom is 0.270 e. The number of carbonyl (C=O) groups is 1. The summed E-state index contributed by atoms with van der Waals surface area (Å²) in [5.74, 6) is 1.70. The number of hydrogen-bond donors (Lipinski definition) is 1. The van der Waals surface area contributed by atoms with Gasteiger partial charge in [0.05, 0.1) is 5.52 Å². The van der Waals surface area contributed by atoms with Gasteiger partial charge in [-0.25, -0.2) is 4.98 Å². The molecule has 0 radical (unpaired) electrons. The van der Waals surface area contributed by atoms with Gasteiger partial charge in [0, 0.05) is 70.0 Å². The lowest BCUT2D eigenvalue weighted by molar-refractivity contribution is 0.0904. The second kappa shape index (κ2) is 11.0. The molecule has 0 aromatic carbocycles. The van der Waals surface area contributed by atoms with Gasteiger partial charge in [-0.3, -0.25) is 9.78 Å². The Kier molecular flexibility index (Phi) is 7.77. The molecular formula is C29H44N6O. The molecule has 36 heavy (non-hydrogen) atoms.